The fourth-order valence-electron chi connectivity index (χ4n) is 3.12. The van der Waals surface area contributed by atoms with Gasteiger partial charge >= 0.3 is 18.4 Å². The van der Waals surface area contributed by atoms with Gasteiger partial charge in [0, 0.05) is 12.0 Å². The van der Waals surface area contributed by atoms with Crippen LogP contribution in [0.15, 0.2) is 46.4 Å². The Bertz CT molecular complexity index is 1390. The average Bonchev–Trinajstić information content (AvgIpc) is 3.32. The Morgan fingerprint density at radius 2 is 1.82 bits per heavy atom. The van der Waals surface area contributed by atoms with Crippen LogP contribution in [0.3, 0.4) is 0 Å². The molecule has 3 rings (SSSR count). The quantitative estimate of drug-likeness (QED) is 0.218. The number of anilines is 1. The van der Waals surface area contributed by atoms with Gasteiger partial charge in [-0.05, 0) is 35.9 Å². The molecule has 2 aromatic carbocycles. The summed E-state index contributed by atoms with van der Waals surface area (Å²) in [6, 6.07) is 6.82. The summed E-state index contributed by atoms with van der Waals surface area (Å²) in [5.74, 6) is -0.554. The van der Waals surface area contributed by atoms with Gasteiger partial charge in [-0.25, -0.2) is 0 Å². The monoisotopic (exact) mass is 540 g/mol. The topological polar surface area (TPSA) is 110 Å². The molecule has 0 aliphatic rings. The largest absolute Gasteiger partial charge is 0.493 e. The number of halogens is 6. The number of amides is 1. The summed E-state index contributed by atoms with van der Waals surface area (Å²) in [6.07, 6.45) is -8.36. The number of aromatic nitrogens is 2. The van der Waals surface area contributed by atoms with Crippen molar-refractivity contribution in [2.75, 3.05) is 12.4 Å². The van der Waals surface area contributed by atoms with E-state index in [-0.39, 0.29) is 35.0 Å². The van der Waals surface area contributed by atoms with Crippen molar-refractivity contribution in [3.63, 3.8) is 0 Å². The highest BCUT2D eigenvalue weighted by Gasteiger charge is 2.38. The first-order valence-corrected chi connectivity index (χ1v) is 10.7. The number of carbonyl (C=O) groups is 1. The number of nitrogens with one attached hydrogen (secondary N) is 1. The van der Waals surface area contributed by atoms with Crippen molar-refractivity contribution in [1.82, 2.24) is 10.2 Å². The Morgan fingerprint density at radius 1 is 1.08 bits per heavy atom. The summed E-state index contributed by atoms with van der Waals surface area (Å²) in [6.45, 7) is 1.05. The van der Waals surface area contributed by atoms with Crippen molar-refractivity contribution in [3.8, 4) is 17.6 Å². The number of carbonyl (C=O) groups excluding carboxylic acids is 1. The maximum atomic E-state index is 13.4. The molecule has 0 saturated heterocycles. The van der Waals surface area contributed by atoms with Crippen molar-refractivity contribution < 1.29 is 45.0 Å². The number of rotatable bonds is 8. The van der Waals surface area contributed by atoms with E-state index >= 15 is 0 Å². The van der Waals surface area contributed by atoms with Crippen molar-refractivity contribution in [1.29, 1.82) is 5.26 Å². The van der Waals surface area contributed by atoms with E-state index in [0.29, 0.717) is 24.1 Å². The minimum Gasteiger partial charge on any atom is -0.493 e. The molecular weight excluding hydrogens is 522 g/mol. The molecule has 1 amide bonds. The van der Waals surface area contributed by atoms with E-state index in [4.69, 9.17) is 13.9 Å². The molecule has 0 bridgehead atoms. The molecule has 0 aliphatic carbocycles. The van der Waals surface area contributed by atoms with E-state index in [9.17, 15) is 36.4 Å². The molecule has 0 unspecified atom stereocenters. The first-order valence-electron chi connectivity index (χ1n) is 10.7. The molecule has 3 aromatic rings. The van der Waals surface area contributed by atoms with Gasteiger partial charge in [0.1, 0.15) is 18.2 Å². The highest BCUT2D eigenvalue weighted by atomic mass is 19.4. The van der Waals surface area contributed by atoms with E-state index < -0.39 is 41.6 Å². The average molecular weight is 540 g/mol. The Kier molecular flexibility index (Phi) is 8.29. The van der Waals surface area contributed by atoms with Gasteiger partial charge in [0.25, 0.3) is 5.91 Å². The zero-order valence-corrected chi connectivity index (χ0v) is 19.7. The van der Waals surface area contributed by atoms with Gasteiger partial charge in [-0.3, -0.25) is 10.1 Å². The lowest BCUT2D eigenvalue weighted by Crippen LogP contribution is -2.14. The van der Waals surface area contributed by atoms with Gasteiger partial charge in [-0.1, -0.05) is 24.2 Å². The SMILES string of the molecule is CCc1nnc(NC(=O)C(C#N)=Cc2ccc(OCc3ccc(C(F)(F)F)cc3C(F)(F)F)c(OC)c2)o1. The molecule has 0 radical (unpaired) electrons. The lowest BCUT2D eigenvalue weighted by Gasteiger charge is -2.17. The van der Waals surface area contributed by atoms with Crippen LogP contribution in [-0.2, 0) is 30.2 Å². The zero-order chi connectivity index (χ0) is 28.1. The molecule has 38 heavy (non-hydrogen) atoms. The first-order chi connectivity index (χ1) is 17.8. The van der Waals surface area contributed by atoms with Crippen LogP contribution in [0.1, 0.15) is 35.1 Å². The minimum absolute atomic E-state index is 0.0235. The Labute approximate surface area is 211 Å². The minimum atomic E-state index is -5.05. The Hall–Kier alpha value is -4.54. The number of nitrogens with zero attached hydrogens (tertiary/aromatic N) is 3. The van der Waals surface area contributed by atoms with Gasteiger partial charge in [0.15, 0.2) is 11.5 Å². The number of hydrogen-bond donors (Lipinski definition) is 1. The number of nitriles is 1. The first kappa shape index (κ1) is 28.0. The van der Waals surface area contributed by atoms with Crippen LogP contribution in [-0.4, -0.2) is 23.2 Å². The van der Waals surface area contributed by atoms with Crippen molar-refractivity contribution in [3.05, 3.63) is 70.1 Å². The van der Waals surface area contributed by atoms with Gasteiger partial charge in [0.05, 0.1) is 18.2 Å². The molecule has 0 spiro atoms. The second kappa shape index (κ2) is 11.2. The van der Waals surface area contributed by atoms with Crippen molar-refractivity contribution >= 4 is 18.0 Å². The summed E-state index contributed by atoms with van der Waals surface area (Å²) in [4.78, 5) is 12.4. The second-order valence-corrected chi connectivity index (χ2v) is 7.54. The Morgan fingerprint density at radius 3 is 2.39 bits per heavy atom. The van der Waals surface area contributed by atoms with Gasteiger partial charge < -0.3 is 13.9 Å². The maximum Gasteiger partial charge on any atom is 0.416 e. The smallest absolute Gasteiger partial charge is 0.416 e. The van der Waals surface area contributed by atoms with Gasteiger partial charge in [-0.15, -0.1) is 5.10 Å². The molecule has 1 N–H and O–H groups in total. The molecule has 14 heteroatoms. The van der Waals surface area contributed by atoms with E-state index in [0.717, 1.165) is 0 Å². The van der Waals surface area contributed by atoms with E-state index in [1.807, 2.05) is 0 Å². The summed E-state index contributed by atoms with van der Waals surface area (Å²) < 4.78 is 94.6. The van der Waals surface area contributed by atoms with Crippen LogP contribution in [0.25, 0.3) is 6.08 Å². The third kappa shape index (κ3) is 6.81. The standard InChI is InChI=1S/C24H18F6N4O4/c1-3-20-33-34-22(38-20)32-21(35)15(11-31)8-13-4-7-18(19(9-13)36-2)37-12-14-5-6-16(23(25,26)27)10-17(14)24(28,29)30/h4-10H,3,12H2,1-2H3,(H,32,34,35). The molecule has 1 heterocycles. The normalized spacial score (nSPS) is 12.1. The summed E-state index contributed by atoms with van der Waals surface area (Å²) in [7, 11) is 1.24. The molecule has 0 saturated carbocycles. The van der Waals surface area contributed by atoms with Gasteiger partial charge in [-0.2, -0.15) is 31.6 Å². The second-order valence-electron chi connectivity index (χ2n) is 7.54. The lowest BCUT2D eigenvalue weighted by molar-refractivity contribution is -0.143. The lowest BCUT2D eigenvalue weighted by atomic mass is 10.0. The molecule has 0 fully saturated rings. The van der Waals surface area contributed by atoms with Crippen molar-refractivity contribution in [2.24, 2.45) is 0 Å². The highest BCUT2D eigenvalue weighted by molar-refractivity contribution is 6.08. The number of methoxy groups -OCH3 is 1. The van der Waals surface area contributed by atoms with Crippen LogP contribution in [0.5, 0.6) is 11.5 Å². The van der Waals surface area contributed by atoms with E-state index in [1.54, 1.807) is 13.0 Å². The van der Waals surface area contributed by atoms with Crippen LogP contribution in [0, 0.1) is 11.3 Å². The number of ether oxygens (including phenoxy) is 2. The van der Waals surface area contributed by atoms with Crippen LogP contribution in [0.4, 0.5) is 32.4 Å². The fraction of sp³-hybridized carbons (Fsp3) is 0.250. The Balaban J connectivity index is 1.81. The number of alkyl halides is 6. The third-order valence-electron chi connectivity index (χ3n) is 4.98. The molecule has 0 aliphatic heterocycles. The fourth-order valence-corrected chi connectivity index (χ4v) is 3.12. The maximum absolute atomic E-state index is 13.4. The highest BCUT2D eigenvalue weighted by Crippen LogP contribution is 2.38. The molecule has 200 valence electrons. The molecule has 1 aromatic heterocycles. The zero-order valence-electron chi connectivity index (χ0n) is 19.7. The molecule has 8 nitrogen and oxygen atoms in total. The summed E-state index contributed by atoms with van der Waals surface area (Å²) >= 11 is 0. The van der Waals surface area contributed by atoms with Crippen LogP contribution < -0.4 is 14.8 Å². The number of benzene rings is 2. The van der Waals surface area contributed by atoms with Crippen LogP contribution >= 0.6 is 0 Å². The van der Waals surface area contributed by atoms with E-state index in [2.05, 4.69) is 15.5 Å². The number of aryl methyl sites for hydroxylation is 1. The summed E-state index contributed by atoms with van der Waals surface area (Å²) in [5, 5.41) is 19.0. The van der Waals surface area contributed by atoms with Gasteiger partial charge in [0.2, 0.25) is 5.89 Å². The number of hydrogen-bond acceptors (Lipinski definition) is 7. The van der Waals surface area contributed by atoms with Crippen LogP contribution in [0.2, 0.25) is 0 Å². The third-order valence-corrected chi connectivity index (χ3v) is 4.98. The van der Waals surface area contributed by atoms with Crippen molar-refractivity contribution in [2.45, 2.75) is 32.3 Å². The molecular formula is C24H18F6N4O4. The molecule has 0 atom stereocenters. The summed E-state index contributed by atoms with van der Waals surface area (Å²) in [5.41, 5.74) is -3.48. The van der Waals surface area contributed by atoms with E-state index in [1.165, 1.54) is 31.4 Å². The predicted octanol–water partition coefficient (Wildman–Crippen LogP) is 5.80. The predicted molar refractivity (Wildman–Crippen MR) is 120 cm³/mol.